The SMILES string of the molecule is Cc1cc(NC(=O)CN(c2cccc(Cl)c2C)S(=O)(=O)c2ccccc2)ccc1N1CCCC1=O. The van der Waals surface area contributed by atoms with Crippen LogP contribution in [0.15, 0.2) is 71.6 Å². The summed E-state index contributed by atoms with van der Waals surface area (Å²) in [6, 6.07) is 18.2. The third-order valence-corrected chi connectivity index (χ3v) is 8.15. The van der Waals surface area contributed by atoms with E-state index < -0.39 is 22.5 Å². The van der Waals surface area contributed by atoms with Gasteiger partial charge in [0.15, 0.2) is 0 Å². The van der Waals surface area contributed by atoms with E-state index in [1.807, 2.05) is 6.92 Å². The molecule has 1 heterocycles. The van der Waals surface area contributed by atoms with Gasteiger partial charge in [-0.1, -0.05) is 35.9 Å². The molecule has 0 bridgehead atoms. The second-order valence-corrected chi connectivity index (χ2v) is 10.7. The number of amides is 2. The van der Waals surface area contributed by atoms with Gasteiger partial charge in [0, 0.05) is 29.4 Å². The van der Waals surface area contributed by atoms with Crippen LogP contribution in [0.4, 0.5) is 17.1 Å². The summed E-state index contributed by atoms with van der Waals surface area (Å²) in [6.45, 7) is 3.82. The van der Waals surface area contributed by atoms with Crippen LogP contribution in [0.3, 0.4) is 0 Å². The maximum atomic E-state index is 13.5. The molecule has 35 heavy (non-hydrogen) atoms. The predicted molar refractivity (Wildman–Crippen MR) is 139 cm³/mol. The summed E-state index contributed by atoms with van der Waals surface area (Å²) in [5.41, 5.74) is 3.06. The lowest BCUT2D eigenvalue weighted by Crippen LogP contribution is -2.38. The van der Waals surface area contributed by atoms with Crippen molar-refractivity contribution < 1.29 is 18.0 Å². The van der Waals surface area contributed by atoms with Gasteiger partial charge < -0.3 is 10.2 Å². The number of anilines is 3. The molecule has 0 spiro atoms. The molecule has 182 valence electrons. The number of hydrogen-bond donors (Lipinski definition) is 1. The van der Waals surface area contributed by atoms with Crippen LogP contribution in [0.2, 0.25) is 5.02 Å². The second kappa shape index (κ2) is 10.1. The highest BCUT2D eigenvalue weighted by atomic mass is 35.5. The first kappa shape index (κ1) is 24.8. The fourth-order valence-electron chi connectivity index (χ4n) is 4.16. The van der Waals surface area contributed by atoms with Gasteiger partial charge >= 0.3 is 0 Å². The molecule has 0 aromatic heterocycles. The molecule has 0 unspecified atom stereocenters. The minimum Gasteiger partial charge on any atom is -0.325 e. The van der Waals surface area contributed by atoms with E-state index >= 15 is 0 Å². The molecule has 2 amide bonds. The van der Waals surface area contributed by atoms with E-state index in [0.717, 1.165) is 22.0 Å². The Labute approximate surface area is 210 Å². The number of nitrogens with one attached hydrogen (secondary N) is 1. The van der Waals surface area contributed by atoms with Crippen LogP contribution >= 0.6 is 11.6 Å². The number of hydrogen-bond acceptors (Lipinski definition) is 4. The second-order valence-electron chi connectivity index (χ2n) is 8.41. The normalized spacial score (nSPS) is 13.7. The Bertz CT molecular complexity index is 1380. The van der Waals surface area contributed by atoms with E-state index in [1.54, 1.807) is 66.4 Å². The summed E-state index contributed by atoms with van der Waals surface area (Å²) < 4.78 is 28.1. The number of sulfonamides is 1. The van der Waals surface area contributed by atoms with Gasteiger partial charge in [-0.3, -0.25) is 13.9 Å². The van der Waals surface area contributed by atoms with Crippen molar-refractivity contribution in [1.29, 1.82) is 0 Å². The van der Waals surface area contributed by atoms with Crippen LogP contribution < -0.4 is 14.5 Å². The zero-order valence-electron chi connectivity index (χ0n) is 19.5. The molecule has 3 aromatic rings. The minimum atomic E-state index is -4.04. The molecule has 4 rings (SSSR count). The van der Waals surface area contributed by atoms with E-state index in [9.17, 15) is 18.0 Å². The summed E-state index contributed by atoms with van der Waals surface area (Å²) in [7, 11) is -4.04. The van der Waals surface area contributed by atoms with E-state index in [0.29, 0.717) is 34.9 Å². The maximum Gasteiger partial charge on any atom is 0.264 e. The van der Waals surface area contributed by atoms with Crippen molar-refractivity contribution in [2.24, 2.45) is 0 Å². The fraction of sp³-hybridized carbons (Fsp3) is 0.231. The summed E-state index contributed by atoms with van der Waals surface area (Å²) in [6.07, 6.45) is 1.36. The first-order valence-corrected chi connectivity index (χ1v) is 13.0. The van der Waals surface area contributed by atoms with E-state index in [2.05, 4.69) is 5.32 Å². The maximum absolute atomic E-state index is 13.5. The van der Waals surface area contributed by atoms with Gasteiger partial charge in [-0.25, -0.2) is 8.42 Å². The van der Waals surface area contributed by atoms with E-state index in [4.69, 9.17) is 11.6 Å². The lowest BCUT2D eigenvalue weighted by molar-refractivity contribution is -0.117. The third-order valence-electron chi connectivity index (χ3n) is 5.97. The topological polar surface area (TPSA) is 86.8 Å². The molecule has 0 atom stereocenters. The van der Waals surface area contributed by atoms with Gasteiger partial charge in [0.1, 0.15) is 6.54 Å². The molecule has 0 radical (unpaired) electrons. The Balaban J connectivity index is 1.61. The van der Waals surface area contributed by atoms with Crippen molar-refractivity contribution in [1.82, 2.24) is 0 Å². The van der Waals surface area contributed by atoms with Gasteiger partial charge in [-0.2, -0.15) is 0 Å². The minimum absolute atomic E-state index is 0.0719. The fourth-order valence-corrected chi connectivity index (χ4v) is 5.82. The largest absolute Gasteiger partial charge is 0.325 e. The van der Waals surface area contributed by atoms with Crippen LogP contribution in [-0.4, -0.2) is 33.3 Å². The number of rotatable bonds is 7. The van der Waals surface area contributed by atoms with Crippen LogP contribution in [0.25, 0.3) is 0 Å². The Kier molecular flexibility index (Phi) is 7.14. The van der Waals surface area contributed by atoms with Crippen LogP contribution in [0.1, 0.15) is 24.0 Å². The highest BCUT2D eigenvalue weighted by Gasteiger charge is 2.29. The first-order chi connectivity index (χ1) is 16.7. The zero-order valence-corrected chi connectivity index (χ0v) is 21.1. The lowest BCUT2D eigenvalue weighted by atomic mass is 10.1. The number of carbonyl (C=O) groups is 2. The third kappa shape index (κ3) is 5.18. The van der Waals surface area contributed by atoms with Gasteiger partial charge in [0.05, 0.1) is 10.6 Å². The molecular weight excluding hydrogens is 486 g/mol. The van der Waals surface area contributed by atoms with Crippen molar-refractivity contribution in [3.63, 3.8) is 0 Å². The zero-order chi connectivity index (χ0) is 25.2. The predicted octanol–water partition coefficient (Wildman–Crippen LogP) is 4.92. The standard InChI is InChI=1S/C26H26ClN3O4S/c1-18-16-20(13-14-23(18)29-15-7-12-26(29)32)28-25(31)17-30(24-11-6-10-22(27)19(24)2)35(33,34)21-8-4-3-5-9-21/h3-6,8-11,13-14,16H,7,12,15,17H2,1-2H3,(H,28,31). The Morgan fingerprint density at radius 3 is 2.46 bits per heavy atom. The molecule has 1 aliphatic rings. The molecule has 9 heteroatoms. The van der Waals surface area contributed by atoms with Gasteiger partial charge in [0.2, 0.25) is 11.8 Å². The van der Waals surface area contributed by atoms with Crippen LogP contribution in [0.5, 0.6) is 0 Å². The quantitative estimate of drug-likeness (QED) is 0.488. The number of aryl methyl sites for hydroxylation is 1. The monoisotopic (exact) mass is 511 g/mol. The summed E-state index contributed by atoms with van der Waals surface area (Å²) in [5, 5.41) is 3.19. The number of benzene rings is 3. The van der Waals surface area contributed by atoms with Crippen LogP contribution in [0, 0.1) is 13.8 Å². The van der Waals surface area contributed by atoms with E-state index in [-0.39, 0.29) is 10.8 Å². The van der Waals surface area contributed by atoms with Gasteiger partial charge in [-0.05, 0) is 73.9 Å². The Morgan fingerprint density at radius 2 is 1.80 bits per heavy atom. The highest BCUT2D eigenvalue weighted by Crippen LogP contribution is 2.31. The van der Waals surface area contributed by atoms with Crippen molar-refractivity contribution >= 4 is 50.5 Å². The lowest BCUT2D eigenvalue weighted by Gasteiger charge is -2.26. The Morgan fingerprint density at radius 1 is 1.06 bits per heavy atom. The molecule has 0 aliphatic carbocycles. The smallest absolute Gasteiger partial charge is 0.264 e. The molecule has 7 nitrogen and oxygen atoms in total. The van der Waals surface area contributed by atoms with Crippen LogP contribution in [-0.2, 0) is 19.6 Å². The molecular formula is C26H26ClN3O4S. The average Bonchev–Trinajstić information content (AvgIpc) is 3.25. The van der Waals surface area contributed by atoms with Gasteiger partial charge in [0.25, 0.3) is 10.0 Å². The molecule has 1 aliphatic heterocycles. The van der Waals surface area contributed by atoms with Crippen molar-refractivity contribution in [2.45, 2.75) is 31.6 Å². The first-order valence-electron chi connectivity index (χ1n) is 11.2. The van der Waals surface area contributed by atoms with Crippen molar-refractivity contribution in [3.8, 4) is 0 Å². The van der Waals surface area contributed by atoms with Gasteiger partial charge in [-0.15, -0.1) is 0 Å². The summed E-state index contributed by atoms with van der Waals surface area (Å²) in [4.78, 5) is 27.0. The van der Waals surface area contributed by atoms with Crippen molar-refractivity contribution in [2.75, 3.05) is 27.6 Å². The van der Waals surface area contributed by atoms with E-state index in [1.165, 1.54) is 12.1 Å². The highest BCUT2D eigenvalue weighted by molar-refractivity contribution is 7.92. The summed E-state index contributed by atoms with van der Waals surface area (Å²) >= 11 is 6.27. The molecule has 1 N–H and O–H groups in total. The summed E-state index contributed by atoms with van der Waals surface area (Å²) in [5.74, 6) is -0.420. The number of carbonyl (C=O) groups excluding carboxylic acids is 2. The average molecular weight is 512 g/mol. The number of nitrogens with zero attached hydrogens (tertiary/aromatic N) is 2. The molecule has 1 fully saturated rings. The number of halogens is 1. The Hall–Kier alpha value is -3.36. The molecule has 0 saturated carbocycles. The molecule has 3 aromatic carbocycles. The molecule has 1 saturated heterocycles. The van der Waals surface area contributed by atoms with Crippen molar-refractivity contribution in [3.05, 3.63) is 82.9 Å².